The lowest BCUT2D eigenvalue weighted by molar-refractivity contribution is 0.974. The van der Waals surface area contributed by atoms with Gasteiger partial charge in [-0.25, -0.2) is 0 Å². The number of aryl methyl sites for hydroxylation is 1. The van der Waals surface area contributed by atoms with Gasteiger partial charge >= 0.3 is 0 Å². The third-order valence-electron chi connectivity index (χ3n) is 1.96. The minimum Gasteiger partial charge on any atom is -0.283 e. The van der Waals surface area contributed by atoms with E-state index in [9.17, 15) is 4.79 Å². The molecule has 0 amide bonds. The van der Waals surface area contributed by atoms with E-state index >= 15 is 0 Å². The number of hydrogen-bond acceptors (Lipinski definition) is 2. The van der Waals surface area contributed by atoms with Crippen LogP contribution in [0.25, 0.3) is 5.69 Å². The van der Waals surface area contributed by atoms with Gasteiger partial charge in [0.15, 0.2) is 0 Å². The molecule has 0 radical (unpaired) electrons. The lowest BCUT2D eigenvalue weighted by Gasteiger charge is -2.04. The molecule has 0 bridgehead atoms. The van der Waals surface area contributed by atoms with E-state index in [2.05, 4.69) is 4.98 Å². The van der Waals surface area contributed by atoms with Crippen LogP contribution >= 0.6 is 0 Å². The van der Waals surface area contributed by atoms with Crippen LogP contribution in [0.3, 0.4) is 0 Å². The van der Waals surface area contributed by atoms with Gasteiger partial charge in [0.05, 0.1) is 11.9 Å². The quantitative estimate of drug-likeness (QED) is 0.734. The molecule has 0 N–H and O–H groups in total. The van der Waals surface area contributed by atoms with Crippen molar-refractivity contribution in [1.82, 2.24) is 9.55 Å². The molecule has 2 aromatic heterocycles. The summed E-state index contributed by atoms with van der Waals surface area (Å²) in [4.78, 5) is 15.5. The second-order valence-corrected chi connectivity index (χ2v) is 3.13. The molecule has 84 valence electrons. The molecule has 3 nitrogen and oxygen atoms in total. The van der Waals surface area contributed by atoms with Crippen LogP contribution in [0.1, 0.15) is 19.4 Å². The lowest BCUT2D eigenvalue weighted by atomic mass is 10.3. The Kier molecular flexibility index (Phi) is 4.45. The maximum absolute atomic E-state index is 11.5. The van der Waals surface area contributed by atoms with Crippen LogP contribution < -0.4 is 5.56 Å². The van der Waals surface area contributed by atoms with Crippen molar-refractivity contribution in [2.45, 2.75) is 20.8 Å². The predicted molar refractivity (Wildman–Crippen MR) is 65.9 cm³/mol. The van der Waals surface area contributed by atoms with Gasteiger partial charge in [-0.05, 0) is 24.6 Å². The summed E-state index contributed by atoms with van der Waals surface area (Å²) >= 11 is 0. The van der Waals surface area contributed by atoms with Crippen molar-refractivity contribution >= 4 is 0 Å². The van der Waals surface area contributed by atoms with Crippen molar-refractivity contribution in [3.05, 3.63) is 58.8 Å². The Hall–Kier alpha value is -1.90. The predicted octanol–water partition coefficient (Wildman–Crippen LogP) is 2.57. The van der Waals surface area contributed by atoms with Gasteiger partial charge in [0, 0.05) is 18.5 Å². The second-order valence-electron chi connectivity index (χ2n) is 3.13. The molecule has 0 atom stereocenters. The summed E-state index contributed by atoms with van der Waals surface area (Å²) in [7, 11) is 0. The maximum atomic E-state index is 11.5. The summed E-state index contributed by atoms with van der Waals surface area (Å²) in [6.07, 6.45) is 5.17. The number of aromatic nitrogens is 2. The Morgan fingerprint density at radius 1 is 1.19 bits per heavy atom. The molecule has 0 saturated heterocycles. The summed E-state index contributed by atoms with van der Waals surface area (Å²) in [5.41, 5.74) is 1.80. The average molecular weight is 216 g/mol. The molecule has 0 spiro atoms. The minimum atomic E-state index is -0.0418. The summed E-state index contributed by atoms with van der Waals surface area (Å²) in [5.74, 6) is 0. The standard InChI is InChI=1S/C11H10N2O.C2H6/c1-9-6-10(8-12-7-9)13-5-3-2-4-11(13)14;1-2/h2-8H,1H3;1-2H3. The molecule has 0 aliphatic heterocycles. The SMILES string of the molecule is CC.Cc1cncc(-n2ccccc2=O)c1. The van der Waals surface area contributed by atoms with E-state index in [-0.39, 0.29) is 5.56 Å². The lowest BCUT2D eigenvalue weighted by Crippen LogP contribution is -2.15. The highest BCUT2D eigenvalue weighted by Crippen LogP contribution is 2.04. The maximum Gasteiger partial charge on any atom is 0.255 e. The zero-order valence-electron chi connectivity index (χ0n) is 9.84. The molecule has 0 unspecified atom stereocenters. The molecule has 0 aliphatic rings. The number of rotatable bonds is 1. The van der Waals surface area contributed by atoms with E-state index in [0.717, 1.165) is 11.3 Å². The van der Waals surface area contributed by atoms with Crippen LogP contribution in [0.5, 0.6) is 0 Å². The van der Waals surface area contributed by atoms with E-state index < -0.39 is 0 Å². The summed E-state index contributed by atoms with van der Waals surface area (Å²) in [6.45, 7) is 5.95. The Bertz CT molecular complexity index is 503. The first kappa shape index (κ1) is 12.2. The molecule has 0 fully saturated rings. The second kappa shape index (κ2) is 5.85. The first-order valence-corrected chi connectivity index (χ1v) is 5.37. The van der Waals surface area contributed by atoms with Crippen LogP contribution in [0.4, 0.5) is 0 Å². The first-order chi connectivity index (χ1) is 7.77. The molecule has 2 aromatic rings. The normalized spacial score (nSPS) is 9.19. The summed E-state index contributed by atoms with van der Waals surface area (Å²) in [6, 6.07) is 7.00. The van der Waals surface area contributed by atoms with E-state index in [1.165, 1.54) is 6.07 Å². The molecule has 0 saturated carbocycles. The van der Waals surface area contributed by atoms with Crippen LogP contribution in [0.15, 0.2) is 47.7 Å². The molecule has 3 heteroatoms. The Morgan fingerprint density at radius 3 is 2.56 bits per heavy atom. The van der Waals surface area contributed by atoms with Gasteiger partial charge < -0.3 is 0 Å². The van der Waals surface area contributed by atoms with Gasteiger partial charge in [-0.1, -0.05) is 19.9 Å². The van der Waals surface area contributed by atoms with E-state index in [4.69, 9.17) is 0 Å². The molecule has 2 rings (SSSR count). The zero-order valence-corrected chi connectivity index (χ0v) is 9.84. The third-order valence-corrected chi connectivity index (χ3v) is 1.96. The van der Waals surface area contributed by atoms with Crippen molar-refractivity contribution in [1.29, 1.82) is 0 Å². The van der Waals surface area contributed by atoms with E-state index in [1.54, 1.807) is 29.2 Å². The summed E-state index contributed by atoms with van der Waals surface area (Å²) in [5, 5.41) is 0. The fraction of sp³-hybridized carbons (Fsp3) is 0.231. The number of nitrogens with zero attached hydrogens (tertiary/aromatic N) is 2. The first-order valence-electron chi connectivity index (χ1n) is 5.37. The molecule has 16 heavy (non-hydrogen) atoms. The van der Waals surface area contributed by atoms with Gasteiger partial charge in [-0.2, -0.15) is 0 Å². The molecule has 2 heterocycles. The molecular formula is C13H16N2O. The molecule has 0 aliphatic carbocycles. The van der Waals surface area contributed by atoms with Crippen LogP contribution in [0.2, 0.25) is 0 Å². The fourth-order valence-corrected chi connectivity index (χ4v) is 1.31. The highest BCUT2D eigenvalue weighted by molar-refractivity contribution is 5.31. The van der Waals surface area contributed by atoms with Crippen LogP contribution in [-0.2, 0) is 0 Å². The van der Waals surface area contributed by atoms with Crippen molar-refractivity contribution < 1.29 is 0 Å². The minimum absolute atomic E-state index is 0.0418. The largest absolute Gasteiger partial charge is 0.283 e. The van der Waals surface area contributed by atoms with E-state index in [1.807, 2.05) is 32.9 Å². The zero-order chi connectivity index (χ0) is 12.0. The fourth-order valence-electron chi connectivity index (χ4n) is 1.31. The Labute approximate surface area is 95.4 Å². The highest BCUT2D eigenvalue weighted by atomic mass is 16.1. The van der Waals surface area contributed by atoms with Crippen molar-refractivity contribution in [3.63, 3.8) is 0 Å². The smallest absolute Gasteiger partial charge is 0.255 e. The van der Waals surface area contributed by atoms with Gasteiger partial charge in [-0.3, -0.25) is 14.3 Å². The van der Waals surface area contributed by atoms with Crippen molar-refractivity contribution in [2.24, 2.45) is 0 Å². The Balaban J connectivity index is 0.000000606. The van der Waals surface area contributed by atoms with Crippen molar-refractivity contribution in [2.75, 3.05) is 0 Å². The molecule has 0 aromatic carbocycles. The van der Waals surface area contributed by atoms with Gasteiger partial charge in [0.25, 0.3) is 5.56 Å². The number of pyridine rings is 2. The van der Waals surface area contributed by atoms with Crippen LogP contribution in [-0.4, -0.2) is 9.55 Å². The summed E-state index contributed by atoms with van der Waals surface area (Å²) < 4.78 is 1.57. The monoisotopic (exact) mass is 216 g/mol. The van der Waals surface area contributed by atoms with Gasteiger partial charge in [0.1, 0.15) is 0 Å². The van der Waals surface area contributed by atoms with E-state index in [0.29, 0.717) is 0 Å². The van der Waals surface area contributed by atoms with Gasteiger partial charge in [0.2, 0.25) is 0 Å². The topological polar surface area (TPSA) is 34.9 Å². The van der Waals surface area contributed by atoms with Crippen molar-refractivity contribution in [3.8, 4) is 5.69 Å². The molecular weight excluding hydrogens is 200 g/mol. The van der Waals surface area contributed by atoms with Gasteiger partial charge in [-0.15, -0.1) is 0 Å². The third kappa shape index (κ3) is 2.79. The average Bonchev–Trinajstić information content (AvgIpc) is 2.32. The Morgan fingerprint density at radius 2 is 1.94 bits per heavy atom. The number of hydrogen-bond donors (Lipinski definition) is 0. The highest BCUT2D eigenvalue weighted by Gasteiger charge is 1.97. The van der Waals surface area contributed by atoms with Crippen LogP contribution in [0, 0.1) is 6.92 Å².